The van der Waals surface area contributed by atoms with E-state index in [1.54, 1.807) is 48.5 Å². The van der Waals surface area contributed by atoms with Crippen molar-refractivity contribution in [1.29, 1.82) is 5.26 Å². The molecule has 11 heteroatoms. The van der Waals surface area contributed by atoms with E-state index in [1.165, 1.54) is 12.1 Å². The molecule has 0 spiro atoms. The summed E-state index contributed by atoms with van der Waals surface area (Å²) in [5, 5.41) is 22.3. The molecule has 4 aromatic rings. The molecular formula is C34H30Cl2FN5O3. The fourth-order valence-electron chi connectivity index (χ4n) is 7.16. The minimum Gasteiger partial charge on any atom is -0.478 e. The number of carboxylic acids is 1. The van der Waals surface area contributed by atoms with Crippen LogP contribution in [0.5, 0.6) is 0 Å². The number of carbonyl (C=O) groups excluding carboxylic acids is 1. The van der Waals surface area contributed by atoms with Crippen LogP contribution in [0.25, 0.3) is 11.0 Å². The van der Waals surface area contributed by atoms with Gasteiger partial charge in [-0.2, -0.15) is 5.26 Å². The second kappa shape index (κ2) is 11.9. The normalized spacial score (nSPS) is 22.4. The Morgan fingerprint density at radius 2 is 1.98 bits per heavy atom. The Kier molecular flexibility index (Phi) is 8.16. The third-order valence-electron chi connectivity index (χ3n) is 9.19. The van der Waals surface area contributed by atoms with Crippen molar-refractivity contribution in [3.8, 4) is 6.07 Å². The van der Waals surface area contributed by atoms with Gasteiger partial charge in [0.1, 0.15) is 17.2 Å². The molecule has 230 valence electrons. The number of nitrogens with zero attached hydrogens (tertiary/aromatic N) is 4. The SMILES string of the molecule is C=C(CCC#N)CN1[C@H]2CCn3c(nc4cc(C(=O)O)ccc43)[C@H]2[C@H](c2cccc(Cl)c2F)[C@]1(C)C(=O)Nc1cccc(Cl)c1. The highest BCUT2D eigenvalue weighted by molar-refractivity contribution is 6.31. The van der Waals surface area contributed by atoms with Gasteiger partial charge in [0, 0.05) is 48.1 Å². The summed E-state index contributed by atoms with van der Waals surface area (Å²) in [5.74, 6) is -2.65. The standard InChI is InChI=1S/C34H30Cl2FN5O3/c1-19(6-5-14-38)18-42-27-13-15-41-26-12-11-20(32(43)44)16-25(26)40-31(41)28(27)29(23-9-4-10-24(36)30(23)37)34(42,2)33(45)39-22-8-3-7-21(35)17-22/h3-4,7-12,16-17,27-29H,1,5-6,13,15,18H2,2H3,(H,39,45)(H,43,44)/t27-,28+,29-,34+/m0/s1. The number of carboxylic acid groups (broad SMARTS) is 1. The third-order valence-corrected chi connectivity index (χ3v) is 9.72. The van der Waals surface area contributed by atoms with Crippen LogP contribution in [0, 0.1) is 17.1 Å². The highest BCUT2D eigenvalue weighted by Gasteiger charge is 2.63. The highest BCUT2D eigenvalue weighted by Crippen LogP contribution is 2.57. The van der Waals surface area contributed by atoms with Crippen LogP contribution >= 0.6 is 23.2 Å². The van der Waals surface area contributed by atoms with Crippen molar-refractivity contribution in [3.63, 3.8) is 0 Å². The Morgan fingerprint density at radius 1 is 1.20 bits per heavy atom. The number of hydrogen-bond donors (Lipinski definition) is 2. The zero-order valence-electron chi connectivity index (χ0n) is 24.4. The van der Waals surface area contributed by atoms with Crippen molar-refractivity contribution in [1.82, 2.24) is 14.5 Å². The van der Waals surface area contributed by atoms with E-state index in [4.69, 9.17) is 28.2 Å². The summed E-state index contributed by atoms with van der Waals surface area (Å²) >= 11 is 12.6. The second-order valence-corrected chi connectivity index (χ2v) is 12.6. The van der Waals surface area contributed by atoms with E-state index in [0.29, 0.717) is 48.0 Å². The van der Waals surface area contributed by atoms with Crippen molar-refractivity contribution in [2.24, 2.45) is 0 Å². The number of benzene rings is 3. The molecule has 2 aliphatic heterocycles. The van der Waals surface area contributed by atoms with E-state index in [1.807, 2.05) is 11.5 Å². The lowest BCUT2D eigenvalue weighted by molar-refractivity contribution is -0.127. The largest absolute Gasteiger partial charge is 0.478 e. The number of carbonyl (C=O) groups is 2. The first-order valence-electron chi connectivity index (χ1n) is 14.6. The van der Waals surface area contributed by atoms with Crippen molar-refractivity contribution < 1.29 is 19.1 Å². The summed E-state index contributed by atoms with van der Waals surface area (Å²) in [5.41, 5.74) is 1.58. The number of halogens is 3. The number of anilines is 1. The first-order chi connectivity index (χ1) is 21.5. The monoisotopic (exact) mass is 645 g/mol. The van der Waals surface area contributed by atoms with Gasteiger partial charge in [-0.3, -0.25) is 9.69 Å². The van der Waals surface area contributed by atoms with Crippen LogP contribution in [0.1, 0.15) is 59.8 Å². The fourth-order valence-corrected chi connectivity index (χ4v) is 7.54. The van der Waals surface area contributed by atoms with Gasteiger partial charge >= 0.3 is 5.97 Å². The molecule has 1 fully saturated rings. The second-order valence-electron chi connectivity index (χ2n) is 11.8. The lowest BCUT2D eigenvalue weighted by atomic mass is 9.73. The molecule has 2 N–H and O–H groups in total. The molecule has 45 heavy (non-hydrogen) atoms. The first-order valence-corrected chi connectivity index (χ1v) is 15.3. The number of amides is 1. The van der Waals surface area contributed by atoms with Crippen LogP contribution in [-0.2, 0) is 11.3 Å². The summed E-state index contributed by atoms with van der Waals surface area (Å²) in [6.07, 6.45) is 1.33. The number of nitrogens with one attached hydrogen (secondary N) is 1. The van der Waals surface area contributed by atoms with Gasteiger partial charge in [-0.25, -0.2) is 14.2 Å². The quantitative estimate of drug-likeness (QED) is 0.193. The van der Waals surface area contributed by atoms with Crippen molar-refractivity contribution in [3.05, 3.63) is 106 Å². The zero-order chi connectivity index (χ0) is 32.0. The van der Waals surface area contributed by atoms with Crippen LogP contribution in [-0.4, -0.2) is 49.6 Å². The molecule has 0 bridgehead atoms. The van der Waals surface area contributed by atoms with Gasteiger partial charge in [0.15, 0.2) is 0 Å². The summed E-state index contributed by atoms with van der Waals surface area (Å²) in [6, 6.07) is 18.3. The van der Waals surface area contributed by atoms with Crippen LogP contribution < -0.4 is 5.32 Å². The first kappa shape index (κ1) is 30.8. The molecule has 0 radical (unpaired) electrons. The van der Waals surface area contributed by atoms with Crippen LogP contribution in [0.4, 0.5) is 10.1 Å². The van der Waals surface area contributed by atoms with Gasteiger partial charge < -0.3 is 15.0 Å². The number of nitriles is 1. The molecule has 1 aromatic heterocycles. The summed E-state index contributed by atoms with van der Waals surface area (Å²) in [4.78, 5) is 33.4. The van der Waals surface area contributed by atoms with E-state index in [9.17, 15) is 20.0 Å². The lowest BCUT2D eigenvalue weighted by Gasteiger charge is -2.40. The maximum absolute atomic E-state index is 16.1. The van der Waals surface area contributed by atoms with E-state index < -0.39 is 29.2 Å². The van der Waals surface area contributed by atoms with Gasteiger partial charge in [0.2, 0.25) is 5.91 Å². The lowest BCUT2D eigenvalue weighted by Crippen LogP contribution is -2.56. The van der Waals surface area contributed by atoms with Gasteiger partial charge in [0.05, 0.1) is 27.7 Å². The fraction of sp³-hybridized carbons (Fsp3) is 0.294. The number of aromatic nitrogens is 2. The average Bonchev–Trinajstić information content (AvgIpc) is 3.50. The average molecular weight is 647 g/mol. The number of fused-ring (bicyclic) bond motifs is 5. The Labute approximate surface area is 269 Å². The topological polar surface area (TPSA) is 111 Å². The Bertz CT molecular complexity index is 1900. The molecule has 3 aromatic carbocycles. The summed E-state index contributed by atoms with van der Waals surface area (Å²) in [7, 11) is 0. The van der Waals surface area contributed by atoms with E-state index in [-0.39, 0.29) is 34.5 Å². The molecule has 1 amide bonds. The highest BCUT2D eigenvalue weighted by atomic mass is 35.5. The maximum Gasteiger partial charge on any atom is 0.335 e. The van der Waals surface area contributed by atoms with E-state index in [0.717, 1.165) is 11.1 Å². The molecular weight excluding hydrogens is 616 g/mol. The zero-order valence-corrected chi connectivity index (χ0v) is 25.9. The third kappa shape index (κ3) is 5.27. The van der Waals surface area contributed by atoms with Gasteiger partial charge in [-0.05, 0) is 67.8 Å². The smallest absolute Gasteiger partial charge is 0.335 e. The molecule has 4 atom stereocenters. The van der Waals surface area contributed by atoms with Crippen molar-refractivity contribution in [2.75, 3.05) is 11.9 Å². The van der Waals surface area contributed by atoms with Gasteiger partial charge in [-0.15, -0.1) is 0 Å². The van der Waals surface area contributed by atoms with Crippen LogP contribution in [0.15, 0.2) is 72.8 Å². The molecule has 2 aliphatic rings. The predicted molar refractivity (Wildman–Crippen MR) is 171 cm³/mol. The number of rotatable bonds is 8. The molecule has 8 nitrogen and oxygen atoms in total. The predicted octanol–water partition coefficient (Wildman–Crippen LogP) is 7.39. The number of aryl methyl sites for hydroxylation is 1. The Morgan fingerprint density at radius 3 is 2.71 bits per heavy atom. The minimum absolute atomic E-state index is 0.0612. The maximum atomic E-state index is 16.1. The minimum atomic E-state index is -1.35. The number of likely N-dealkylation sites (tertiary alicyclic amines) is 1. The van der Waals surface area contributed by atoms with Crippen LogP contribution in [0.2, 0.25) is 10.0 Å². The molecule has 1 saturated heterocycles. The number of imidazole rings is 1. The molecule has 0 saturated carbocycles. The summed E-state index contributed by atoms with van der Waals surface area (Å²) in [6.45, 7) is 6.89. The Balaban J connectivity index is 1.57. The van der Waals surface area contributed by atoms with Crippen molar-refractivity contribution in [2.45, 2.75) is 56.1 Å². The number of hydrogen-bond acceptors (Lipinski definition) is 5. The molecule has 3 heterocycles. The van der Waals surface area contributed by atoms with Gasteiger partial charge in [-0.1, -0.05) is 53.6 Å². The van der Waals surface area contributed by atoms with Gasteiger partial charge in [0.25, 0.3) is 0 Å². The number of aromatic carboxylic acids is 1. The van der Waals surface area contributed by atoms with Crippen molar-refractivity contribution >= 4 is 51.8 Å². The summed E-state index contributed by atoms with van der Waals surface area (Å²) < 4.78 is 18.2. The Hall–Kier alpha value is -4.23. The molecule has 0 unspecified atom stereocenters. The van der Waals surface area contributed by atoms with Crippen LogP contribution in [0.3, 0.4) is 0 Å². The van der Waals surface area contributed by atoms with E-state index >= 15 is 4.39 Å². The molecule has 0 aliphatic carbocycles. The molecule has 6 rings (SSSR count). The van der Waals surface area contributed by atoms with E-state index in [2.05, 4.69) is 22.9 Å².